The molecule has 0 aliphatic carbocycles. The van der Waals surface area contributed by atoms with Crippen molar-refractivity contribution >= 4 is 18.2 Å². The molecule has 0 aromatic carbocycles. The lowest BCUT2D eigenvalue weighted by molar-refractivity contribution is -0.135. The number of esters is 1. The predicted octanol–water partition coefficient (Wildman–Crippen LogP) is 1.80. The number of amides is 1. The zero-order valence-corrected chi connectivity index (χ0v) is 12.5. The molecule has 1 amide bonds. The van der Waals surface area contributed by atoms with Gasteiger partial charge in [-0.3, -0.25) is 4.79 Å². The van der Waals surface area contributed by atoms with E-state index in [4.69, 9.17) is 0 Å². The normalized spacial score (nSPS) is 19.6. The quantitative estimate of drug-likeness (QED) is 0.310. The first kappa shape index (κ1) is 16.9. The highest BCUT2D eigenvalue weighted by molar-refractivity contribution is 5.91. The van der Waals surface area contributed by atoms with Gasteiger partial charge in [-0.05, 0) is 25.8 Å². The molecule has 0 unspecified atom stereocenters. The molecule has 0 aromatic heterocycles. The molecule has 0 radical (unpaired) electrons. The van der Waals surface area contributed by atoms with E-state index in [9.17, 15) is 14.4 Å². The minimum Gasteiger partial charge on any atom is -0.465 e. The molecule has 0 spiro atoms. The van der Waals surface area contributed by atoms with Gasteiger partial charge in [0.2, 0.25) is 5.91 Å². The van der Waals surface area contributed by atoms with Gasteiger partial charge in [-0.15, -0.1) is 0 Å². The second-order valence-corrected chi connectivity index (χ2v) is 4.91. The summed E-state index contributed by atoms with van der Waals surface area (Å²) in [5.74, 6) is -0.415. The average Bonchev–Trinajstić information content (AvgIpc) is 2.85. The van der Waals surface area contributed by atoms with E-state index < -0.39 is 5.97 Å². The van der Waals surface area contributed by atoms with Gasteiger partial charge in [-0.25, -0.2) is 4.79 Å². The third kappa shape index (κ3) is 4.70. The Bertz CT molecular complexity index is 491. The van der Waals surface area contributed by atoms with Gasteiger partial charge in [0, 0.05) is 13.0 Å². The van der Waals surface area contributed by atoms with Crippen molar-refractivity contribution in [2.75, 3.05) is 13.7 Å². The molecular weight excluding hydrogens is 270 g/mol. The third-order valence-electron chi connectivity index (χ3n) is 3.47. The summed E-state index contributed by atoms with van der Waals surface area (Å²) in [5, 5.41) is 0. The van der Waals surface area contributed by atoms with Gasteiger partial charge in [-0.1, -0.05) is 24.3 Å². The SMILES string of the molecule is C=C/C(=C\C=C(/C)CCN1C(=O)CC[C@@H]1C=O)C(=O)OC. The Kier molecular flexibility index (Phi) is 6.59. The third-order valence-corrected chi connectivity index (χ3v) is 3.47. The van der Waals surface area contributed by atoms with Crippen molar-refractivity contribution in [2.45, 2.75) is 32.2 Å². The van der Waals surface area contributed by atoms with E-state index in [1.54, 1.807) is 17.1 Å². The number of carbonyl (C=O) groups excluding carboxylic acids is 3. The molecule has 0 aromatic rings. The van der Waals surface area contributed by atoms with Crippen molar-refractivity contribution < 1.29 is 19.1 Å². The molecular formula is C16H21NO4. The summed E-state index contributed by atoms with van der Waals surface area (Å²) in [7, 11) is 1.31. The number of nitrogens with zero attached hydrogens (tertiary/aromatic N) is 1. The molecule has 0 saturated carbocycles. The van der Waals surface area contributed by atoms with Crippen molar-refractivity contribution in [2.24, 2.45) is 0 Å². The first-order valence-corrected chi connectivity index (χ1v) is 6.86. The van der Waals surface area contributed by atoms with Gasteiger partial charge in [-0.2, -0.15) is 0 Å². The number of hydrogen-bond donors (Lipinski definition) is 0. The maximum absolute atomic E-state index is 11.7. The van der Waals surface area contributed by atoms with Crippen LogP contribution < -0.4 is 0 Å². The lowest BCUT2D eigenvalue weighted by Gasteiger charge is -2.20. The van der Waals surface area contributed by atoms with Crippen LogP contribution in [0.5, 0.6) is 0 Å². The minimum atomic E-state index is -0.440. The Morgan fingerprint density at radius 1 is 1.48 bits per heavy atom. The molecule has 1 atom stereocenters. The molecule has 21 heavy (non-hydrogen) atoms. The number of hydrogen-bond acceptors (Lipinski definition) is 4. The first-order valence-electron chi connectivity index (χ1n) is 6.86. The molecule has 1 rings (SSSR count). The Morgan fingerprint density at radius 3 is 2.76 bits per heavy atom. The Hall–Kier alpha value is -2.17. The highest BCUT2D eigenvalue weighted by atomic mass is 16.5. The molecule has 114 valence electrons. The Morgan fingerprint density at radius 2 is 2.19 bits per heavy atom. The molecule has 1 saturated heterocycles. The lowest BCUT2D eigenvalue weighted by Crippen LogP contribution is -2.34. The van der Waals surface area contributed by atoms with Gasteiger partial charge < -0.3 is 14.4 Å². The number of aldehydes is 1. The molecule has 1 fully saturated rings. The van der Waals surface area contributed by atoms with Crippen molar-refractivity contribution in [3.8, 4) is 0 Å². The number of ether oxygens (including phenoxy) is 1. The summed E-state index contributed by atoms with van der Waals surface area (Å²) >= 11 is 0. The minimum absolute atomic E-state index is 0.0248. The predicted molar refractivity (Wildman–Crippen MR) is 79.5 cm³/mol. The molecule has 0 N–H and O–H groups in total. The lowest BCUT2D eigenvalue weighted by atomic mass is 10.1. The van der Waals surface area contributed by atoms with Crippen LogP contribution >= 0.6 is 0 Å². The average molecular weight is 291 g/mol. The fraction of sp³-hybridized carbons (Fsp3) is 0.438. The molecule has 1 aliphatic rings. The zero-order valence-electron chi connectivity index (χ0n) is 12.5. The summed E-state index contributed by atoms with van der Waals surface area (Å²) in [6.07, 6.45) is 7.39. The van der Waals surface area contributed by atoms with Crippen LogP contribution in [0.3, 0.4) is 0 Å². The van der Waals surface area contributed by atoms with Crippen molar-refractivity contribution in [1.29, 1.82) is 0 Å². The fourth-order valence-electron chi connectivity index (χ4n) is 2.14. The summed E-state index contributed by atoms with van der Waals surface area (Å²) in [4.78, 5) is 35.5. The van der Waals surface area contributed by atoms with E-state index in [0.29, 0.717) is 31.4 Å². The number of allylic oxidation sites excluding steroid dienone is 2. The maximum Gasteiger partial charge on any atom is 0.337 e. The van der Waals surface area contributed by atoms with E-state index in [0.717, 1.165) is 11.9 Å². The second kappa shape index (κ2) is 8.19. The van der Waals surface area contributed by atoms with Crippen LogP contribution in [0.25, 0.3) is 0 Å². The molecule has 5 nitrogen and oxygen atoms in total. The first-order chi connectivity index (χ1) is 10.0. The van der Waals surface area contributed by atoms with Crippen LogP contribution in [-0.2, 0) is 19.1 Å². The summed E-state index contributed by atoms with van der Waals surface area (Å²) in [5.41, 5.74) is 1.38. The highest BCUT2D eigenvalue weighted by Gasteiger charge is 2.29. The van der Waals surface area contributed by atoms with Gasteiger partial charge in [0.25, 0.3) is 0 Å². The second-order valence-electron chi connectivity index (χ2n) is 4.91. The highest BCUT2D eigenvalue weighted by Crippen LogP contribution is 2.18. The van der Waals surface area contributed by atoms with E-state index in [-0.39, 0.29) is 11.9 Å². The van der Waals surface area contributed by atoms with Crippen LogP contribution in [0.15, 0.2) is 36.0 Å². The number of likely N-dealkylation sites (tertiary alicyclic amines) is 1. The van der Waals surface area contributed by atoms with Crippen molar-refractivity contribution in [1.82, 2.24) is 4.90 Å². The summed E-state index contributed by atoms with van der Waals surface area (Å²) < 4.78 is 4.62. The fourth-order valence-corrected chi connectivity index (χ4v) is 2.14. The van der Waals surface area contributed by atoms with Gasteiger partial charge in [0.15, 0.2) is 0 Å². The monoisotopic (exact) mass is 291 g/mol. The van der Waals surface area contributed by atoms with Crippen LogP contribution in [0.1, 0.15) is 26.2 Å². The zero-order chi connectivity index (χ0) is 15.8. The standard InChI is InChI=1S/C16H21NO4/c1-4-13(16(20)21-3)6-5-12(2)9-10-17-14(11-18)7-8-15(17)19/h4-6,11,14H,1,7-10H2,2-3H3/b12-5+,13-6+/t14-/m1/s1. The van der Waals surface area contributed by atoms with Crippen LogP contribution in [0.4, 0.5) is 0 Å². The van der Waals surface area contributed by atoms with Gasteiger partial charge >= 0.3 is 5.97 Å². The van der Waals surface area contributed by atoms with Crippen LogP contribution in [-0.4, -0.2) is 42.8 Å². The number of rotatable bonds is 7. The van der Waals surface area contributed by atoms with E-state index in [2.05, 4.69) is 11.3 Å². The smallest absolute Gasteiger partial charge is 0.337 e. The van der Waals surface area contributed by atoms with E-state index in [1.807, 2.05) is 6.92 Å². The van der Waals surface area contributed by atoms with Crippen molar-refractivity contribution in [3.63, 3.8) is 0 Å². The molecule has 5 heteroatoms. The molecule has 1 aliphatic heterocycles. The van der Waals surface area contributed by atoms with E-state index >= 15 is 0 Å². The van der Waals surface area contributed by atoms with Crippen LogP contribution in [0, 0.1) is 0 Å². The largest absolute Gasteiger partial charge is 0.465 e. The van der Waals surface area contributed by atoms with Crippen molar-refractivity contribution in [3.05, 3.63) is 36.0 Å². The molecule has 0 bridgehead atoms. The molecule has 1 heterocycles. The summed E-state index contributed by atoms with van der Waals surface area (Å²) in [6.45, 7) is 5.98. The topological polar surface area (TPSA) is 63.7 Å². The summed E-state index contributed by atoms with van der Waals surface area (Å²) in [6, 6.07) is -0.292. The Balaban J connectivity index is 2.62. The van der Waals surface area contributed by atoms with Gasteiger partial charge in [0.1, 0.15) is 6.29 Å². The maximum atomic E-state index is 11.7. The van der Waals surface area contributed by atoms with E-state index in [1.165, 1.54) is 13.2 Å². The van der Waals surface area contributed by atoms with Crippen LogP contribution in [0.2, 0.25) is 0 Å². The van der Waals surface area contributed by atoms with Gasteiger partial charge in [0.05, 0.1) is 18.7 Å². The number of carbonyl (C=O) groups is 3. The Labute approximate surface area is 124 Å². The number of methoxy groups -OCH3 is 1.